The predicted octanol–water partition coefficient (Wildman–Crippen LogP) is 2.90. The number of anilines is 1. The predicted molar refractivity (Wildman–Crippen MR) is 72.2 cm³/mol. The zero-order valence-corrected chi connectivity index (χ0v) is 10.6. The van der Waals surface area contributed by atoms with E-state index in [9.17, 15) is 0 Å². The van der Waals surface area contributed by atoms with Gasteiger partial charge in [-0.2, -0.15) is 5.26 Å². The van der Waals surface area contributed by atoms with Gasteiger partial charge in [0.05, 0.1) is 11.3 Å². The average molecular weight is 237 g/mol. The summed E-state index contributed by atoms with van der Waals surface area (Å²) in [5.74, 6) is 0. The van der Waals surface area contributed by atoms with Crippen molar-refractivity contribution in [1.29, 1.82) is 5.26 Å². The molecule has 0 bridgehead atoms. The van der Waals surface area contributed by atoms with Gasteiger partial charge < -0.3 is 4.90 Å². The van der Waals surface area contributed by atoms with Crippen LogP contribution in [0.25, 0.3) is 0 Å². The first kappa shape index (κ1) is 12.1. The first-order chi connectivity index (χ1) is 8.70. The van der Waals surface area contributed by atoms with E-state index in [1.807, 2.05) is 50.5 Å². The van der Waals surface area contributed by atoms with Crippen molar-refractivity contribution in [3.8, 4) is 6.07 Å². The second-order valence-electron chi connectivity index (χ2n) is 4.35. The van der Waals surface area contributed by atoms with E-state index in [0.717, 1.165) is 23.4 Å². The number of aryl methyl sites for hydroxylation is 1. The number of aromatic nitrogens is 1. The van der Waals surface area contributed by atoms with Crippen LogP contribution in [-0.2, 0) is 6.54 Å². The van der Waals surface area contributed by atoms with Crippen LogP contribution >= 0.6 is 0 Å². The van der Waals surface area contributed by atoms with E-state index in [0.29, 0.717) is 5.56 Å². The minimum absolute atomic E-state index is 0.701. The molecule has 2 aromatic rings. The van der Waals surface area contributed by atoms with Gasteiger partial charge in [0.2, 0.25) is 0 Å². The van der Waals surface area contributed by atoms with Gasteiger partial charge in [0, 0.05) is 26.0 Å². The SMILES string of the molecule is Cc1ccc(C#N)c(N(C)Cc2cccnc2)c1. The normalized spacial score (nSPS) is 9.83. The first-order valence-corrected chi connectivity index (χ1v) is 5.81. The van der Waals surface area contributed by atoms with Crippen LogP contribution in [0.5, 0.6) is 0 Å². The molecule has 3 nitrogen and oxygen atoms in total. The third-order valence-electron chi connectivity index (χ3n) is 2.83. The zero-order chi connectivity index (χ0) is 13.0. The summed E-state index contributed by atoms with van der Waals surface area (Å²) in [5, 5.41) is 9.14. The summed E-state index contributed by atoms with van der Waals surface area (Å²) < 4.78 is 0. The lowest BCUT2D eigenvalue weighted by atomic mass is 10.1. The molecule has 0 aliphatic carbocycles. The Morgan fingerprint density at radius 2 is 2.17 bits per heavy atom. The van der Waals surface area contributed by atoms with Crippen LogP contribution in [0, 0.1) is 18.3 Å². The third-order valence-corrected chi connectivity index (χ3v) is 2.83. The van der Waals surface area contributed by atoms with E-state index in [-0.39, 0.29) is 0 Å². The molecule has 0 unspecified atom stereocenters. The van der Waals surface area contributed by atoms with Gasteiger partial charge in [-0.25, -0.2) is 0 Å². The minimum Gasteiger partial charge on any atom is -0.369 e. The van der Waals surface area contributed by atoms with Crippen LogP contribution < -0.4 is 4.90 Å². The van der Waals surface area contributed by atoms with Crippen molar-refractivity contribution < 1.29 is 0 Å². The number of hydrogen-bond acceptors (Lipinski definition) is 3. The molecular formula is C15H15N3. The summed E-state index contributed by atoms with van der Waals surface area (Å²) in [7, 11) is 1.99. The van der Waals surface area contributed by atoms with Crippen LogP contribution in [0.3, 0.4) is 0 Å². The highest BCUT2D eigenvalue weighted by Gasteiger charge is 2.08. The molecule has 0 atom stereocenters. The highest BCUT2D eigenvalue weighted by molar-refractivity contribution is 5.60. The molecule has 0 spiro atoms. The summed E-state index contributed by atoms with van der Waals surface area (Å²) in [6.45, 7) is 2.77. The Hall–Kier alpha value is -2.34. The smallest absolute Gasteiger partial charge is 0.101 e. The number of benzene rings is 1. The Balaban J connectivity index is 2.26. The Kier molecular flexibility index (Phi) is 3.59. The van der Waals surface area contributed by atoms with Crippen molar-refractivity contribution in [1.82, 2.24) is 4.98 Å². The van der Waals surface area contributed by atoms with Crippen molar-refractivity contribution in [2.45, 2.75) is 13.5 Å². The quantitative estimate of drug-likeness (QED) is 0.824. The van der Waals surface area contributed by atoms with Gasteiger partial charge in [0.1, 0.15) is 6.07 Å². The molecule has 0 aliphatic heterocycles. The number of hydrogen-bond donors (Lipinski definition) is 0. The number of rotatable bonds is 3. The highest BCUT2D eigenvalue weighted by Crippen LogP contribution is 2.21. The van der Waals surface area contributed by atoms with Crippen LogP contribution in [0.2, 0.25) is 0 Å². The van der Waals surface area contributed by atoms with Crippen molar-refractivity contribution in [2.75, 3.05) is 11.9 Å². The molecule has 0 amide bonds. The largest absolute Gasteiger partial charge is 0.369 e. The molecule has 1 aromatic heterocycles. The van der Waals surface area contributed by atoms with Crippen LogP contribution in [0.4, 0.5) is 5.69 Å². The Bertz CT molecular complexity index is 570. The molecular weight excluding hydrogens is 222 g/mol. The van der Waals surface area contributed by atoms with E-state index >= 15 is 0 Å². The van der Waals surface area contributed by atoms with Crippen LogP contribution in [-0.4, -0.2) is 12.0 Å². The fraction of sp³-hybridized carbons (Fsp3) is 0.200. The van der Waals surface area contributed by atoms with E-state index in [4.69, 9.17) is 5.26 Å². The molecule has 1 heterocycles. The average Bonchev–Trinajstić information content (AvgIpc) is 2.40. The second kappa shape index (κ2) is 5.33. The summed E-state index contributed by atoms with van der Waals surface area (Å²) in [6, 6.07) is 12.0. The van der Waals surface area contributed by atoms with Crippen LogP contribution in [0.15, 0.2) is 42.7 Å². The first-order valence-electron chi connectivity index (χ1n) is 5.81. The van der Waals surface area contributed by atoms with Crippen LogP contribution in [0.1, 0.15) is 16.7 Å². The fourth-order valence-corrected chi connectivity index (χ4v) is 1.90. The maximum absolute atomic E-state index is 9.14. The molecule has 3 heteroatoms. The molecule has 2 rings (SSSR count). The topological polar surface area (TPSA) is 39.9 Å². The third kappa shape index (κ3) is 2.67. The minimum atomic E-state index is 0.701. The molecule has 0 saturated carbocycles. The van der Waals surface area contributed by atoms with Gasteiger partial charge in [0.15, 0.2) is 0 Å². The molecule has 0 radical (unpaired) electrons. The molecule has 0 N–H and O–H groups in total. The van der Waals surface area contributed by atoms with Gasteiger partial charge in [0.25, 0.3) is 0 Å². The number of nitriles is 1. The molecule has 0 saturated heterocycles. The molecule has 18 heavy (non-hydrogen) atoms. The highest BCUT2D eigenvalue weighted by atomic mass is 15.1. The zero-order valence-electron chi connectivity index (χ0n) is 10.6. The van der Waals surface area contributed by atoms with Crippen molar-refractivity contribution in [2.24, 2.45) is 0 Å². The summed E-state index contributed by atoms with van der Waals surface area (Å²) in [5.41, 5.74) is 3.95. The molecule has 90 valence electrons. The van der Waals surface area contributed by atoms with Crippen molar-refractivity contribution in [3.05, 3.63) is 59.4 Å². The maximum atomic E-state index is 9.14. The Morgan fingerprint density at radius 1 is 1.33 bits per heavy atom. The maximum Gasteiger partial charge on any atom is 0.101 e. The number of pyridine rings is 1. The second-order valence-corrected chi connectivity index (χ2v) is 4.35. The van der Waals surface area contributed by atoms with Gasteiger partial charge in [-0.3, -0.25) is 4.98 Å². The van der Waals surface area contributed by atoms with Gasteiger partial charge >= 0.3 is 0 Å². The molecule has 0 aliphatic rings. The lowest BCUT2D eigenvalue weighted by Gasteiger charge is -2.21. The summed E-state index contributed by atoms with van der Waals surface area (Å²) in [4.78, 5) is 6.17. The standard InChI is InChI=1S/C15H15N3/c1-12-5-6-14(9-16)15(8-12)18(2)11-13-4-3-7-17-10-13/h3-8,10H,11H2,1-2H3. The number of nitrogens with zero attached hydrogens (tertiary/aromatic N) is 3. The Labute approximate surface area is 107 Å². The van der Waals surface area contributed by atoms with Gasteiger partial charge in [-0.05, 0) is 36.2 Å². The molecule has 1 aromatic carbocycles. The van der Waals surface area contributed by atoms with E-state index < -0.39 is 0 Å². The van der Waals surface area contributed by atoms with Gasteiger partial charge in [-0.15, -0.1) is 0 Å². The molecule has 0 fully saturated rings. The Morgan fingerprint density at radius 3 is 2.83 bits per heavy atom. The van der Waals surface area contributed by atoms with E-state index in [1.165, 1.54) is 0 Å². The van der Waals surface area contributed by atoms with Crippen molar-refractivity contribution in [3.63, 3.8) is 0 Å². The fourth-order valence-electron chi connectivity index (χ4n) is 1.90. The lowest BCUT2D eigenvalue weighted by molar-refractivity contribution is 0.912. The summed E-state index contributed by atoms with van der Waals surface area (Å²) in [6.07, 6.45) is 3.61. The lowest BCUT2D eigenvalue weighted by Crippen LogP contribution is -2.17. The van der Waals surface area contributed by atoms with E-state index in [2.05, 4.69) is 16.0 Å². The monoisotopic (exact) mass is 237 g/mol. The van der Waals surface area contributed by atoms with Crippen molar-refractivity contribution >= 4 is 5.69 Å². The van der Waals surface area contributed by atoms with E-state index in [1.54, 1.807) is 6.20 Å². The van der Waals surface area contributed by atoms with Gasteiger partial charge in [-0.1, -0.05) is 12.1 Å². The summed E-state index contributed by atoms with van der Waals surface area (Å²) >= 11 is 0.